The van der Waals surface area contributed by atoms with Crippen LogP contribution in [0.15, 0.2) is 76.1 Å². The first-order valence-electron chi connectivity index (χ1n) is 10.2. The van der Waals surface area contributed by atoms with Crippen LogP contribution in [0.5, 0.6) is 17.2 Å². The van der Waals surface area contributed by atoms with Crippen molar-refractivity contribution >= 4 is 28.5 Å². The third-order valence-electron chi connectivity index (χ3n) is 4.95. The molecule has 4 aromatic rings. The fraction of sp³-hybridized carbons (Fsp3) is 0.154. The molecule has 0 aliphatic heterocycles. The van der Waals surface area contributed by atoms with E-state index >= 15 is 0 Å². The summed E-state index contributed by atoms with van der Waals surface area (Å²) in [4.78, 5) is 24.8. The van der Waals surface area contributed by atoms with E-state index in [2.05, 4.69) is 0 Å². The molecule has 0 saturated heterocycles. The van der Waals surface area contributed by atoms with Gasteiger partial charge in [-0.1, -0.05) is 41.9 Å². The number of ether oxygens (including phenoxy) is 3. The molecule has 0 fully saturated rings. The van der Waals surface area contributed by atoms with E-state index in [1.807, 2.05) is 44.2 Å². The third kappa shape index (κ3) is 5.35. The summed E-state index contributed by atoms with van der Waals surface area (Å²) in [6, 6.07) is 17.6. The minimum Gasteiger partial charge on any atom is -0.482 e. The van der Waals surface area contributed by atoms with Crippen LogP contribution in [0, 0.1) is 13.8 Å². The van der Waals surface area contributed by atoms with Gasteiger partial charge in [0.05, 0.1) is 5.39 Å². The van der Waals surface area contributed by atoms with Crippen LogP contribution >= 0.6 is 11.6 Å². The zero-order valence-electron chi connectivity index (χ0n) is 18.1. The Morgan fingerprint density at radius 3 is 2.42 bits per heavy atom. The van der Waals surface area contributed by atoms with Gasteiger partial charge in [-0.3, -0.25) is 4.79 Å². The van der Waals surface area contributed by atoms with E-state index in [0.717, 1.165) is 16.7 Å². The highest BCUT2D eigenvalue weighted by molar-refractivity contribution is 6.32. The maximum Gasteiger partial charge on any atom is 0.344 e. The van der Waals surface area contributed by atoms with Gasteiger partial charge in [-0.05, 0) is 54.8 Å². The van der Waals surface area contributed by atoms with Crippen molar-refractivity contribution in [3.8, 4) is 17.2 Å². The zero-order chi connectivity index (χ0) is 23.4. The Bertz CT molecular complexity index is 1340. The molecular weight excluding hydrogens is 444 g/mol. The van der Waals surface area contributed by atoms with Gasteiger partial charge in [0.1, 0.15) is 30.0 Å². The number of carbonyl (C=O) groups is 1. The molecule has 33 heavy (non-hydrogen) atoms. The van der Waals surface area contributed by atoms with Gasteiger partial charge in [0.15, 0.2) is 6.61 Å². The van der Waals surface area contributed by atoms with E-state index in [4.69, 9.17) is 30.2 Å². The molecule has 0 unspecified atom stereocenters. The van der Waals surface area contributed by atoms with Gasteiger partial charge >= 0.3 is 5.97 Å². The van der Waals surface area contributed by atoms with Crippen molar-refractivity contribution in [3.05, 3.63) is 98.9 Å². The number of hydrogen-bond acceptors (Lipinski definition) is 6. The molecule has 7 heteroatoms. The number of esters is 1. The lowest BCUT2D eigenvalue weighted by Crippen LogP contribution is -2.14. The topological polar surface area (TPSA) is 75.0 Å². The maximum atomic E-state index is 12.8. The van der Waals surface area contributed by atoms with Crippen LogP contribution in [0.4, 0.5) is 0 Å². The van der Waals surface area contributed by atoms with E-state index in [0.29, 0.717) is 27.5 Å². The Morgan fingerprint density at radius 1 is 0.970 bits per heavy atom. The van der Waals surface area contributed by atoms with Crippen LogP contribution in [0.1, 0.15) is 16.7 Å². The number of fused-ring (bicyclic) bond motifs is 1. The van der Waals surface area contributed by atoms with Crippen LogP contribution < -0.4 is 14.9 Å². The smallest absolute Gasteiger partial charge is 0.344 e. The van der Waals surface area contributed by atoms with Crippen molar-refractivity contribution in [2.45, 2.75) is 20.5 Å². The zero-order valence-corrected chi connectivity index (χ0v) is 18.8. The molecule has 0 amide bonds. The molecule has 3 aromatic carbocycles. The Balaban J connectivity index is 1.43. The van der Waals surface area contributed by atoms with Crippen LogP contribution in [-0.2, 0) is 16.1 Å². The lowest BCUT2D eigenvalue weighted by atomic mass is 10.1. The maximum absolute atomic E-state index is 12.8. The fourth-order valence-electron chi connectivity index (χ4n) is 3.27. The molecule has 1 aromatic heterocycles. The standard InChI is InChI=1S/C26H21ClO6/c1-16-10-20(11-17(2)25(16)27)33-23-14-31-22-12-19(8-9-21(22)26(23)29)30-15-24(28)32-13-18-6-4-3-5-7-18/h3-12,14H,13,15H2,1-2H3. The average Bonchev–Trinajstić information content (AvgIpc) is 2.82. The number of halogens is 1. The van der Waals surface area contributed by atoms with Crippen LogP contribution in [0.2, 0.25) is 5.02 Å². The van der Waals surface area contributed by atoms with Crippen LogP contribution in [0.25, 0.3) is 11.0 Å². The SMILES string of the molecule is Cc1cc(Oc2coc3cc(OCC(=O)OCc4ccccc4)ccc3c2=O)cc(C)c1Cl. The molecule has 1 heterocycles. The molecule has 0 aliphatic carbocycles. The van der Waals surface area contributed by atoms with Gasteiger partial charge in [0, 0.05) is 11.1 Å². The number of aryl methyl sites for hydroxylation is 2. The molecule has 0 saturated carbocycles. The Morgan fingerprint density at radius 2 is 1.70 bits per heavy atom. The number of rotatable bonds is 7. The molecule has 4 rings (SSSR count). The number of benzene rings is 3. The molecule has 0 N–H and O–H groups in total. The van der Waals surface area contributed by atoms with Crippen molar-refractivity contribution in [2.24, 2.45) is 0 Å². The Kier molecular flexibility index (Phi) is 6.66. The molecule has 0 spiro atoms. The molecule has 6 nitrogen and oxygen atoms in total. The minimum atomic E-state index is -0.502. The summed E-state index contributed by atoms with van der Waals surface area (Å²) < 4.78 is 22.0. The van der Waals surface area contributed by atoms with Gasteiger partial charge < -0.3 is 18.6 Å². The van der Waals surface area contributed by atoms with Gasteiger partial charge in [-0.2, -0.15) is 0 Å². The quantitative estimate of drug-likeness (QED) is 0.313. The van der Waals surface area contributed by atoms with E-state index in [-0.39, 0.29) is 24.4 Å². The minimum absolute atomic E-state index is 0.0572. The highest BCUT2D eigenvalue weighted by Crippen LogP contribution is 2.29. The molecule has 0 radical (unpaired) electrons. The molecule has 0 aliphatic rings. The largest absolute Gasteiger partial charge is 0.482 e. The van der Waals surface area contributed by atoms with Gasteiger partial charge in [-0.15, -0.1) is 0 Å². The van der Waals surface area contributed by atoms with E-state index in [9.17, 15) is 9.59 Å². The van der Waals surface area contributed by atoms with Crippen molar-refractivity contribution in [1.82, 2.24) is 0 Å². The van der Waals surface area contributed by atoms with Gasteiger partial charge in [0.2, 0.25) is 11.2 Å². The van der Waals surface area contributed by atoms with Gasteiger partial charge in [0.25, 0.3) is 0 Å². The van der Waals surface area contributed by atoms with Gasteiger partial charge in [-0.25, -0.2) is 4.79 Å². The summed E-state index contributed by atoms with van der Waals surface area (Å²) in [5.74, 6) is 0.425. The first-order valence-corrected chi connectivity index (χ1v) is 10.6. The van der Waals surface area contributed by atoms with Crippen LogP contribution in [-0.4, -0.2) is 12.6 Å². The van der Waals surface area contributed by atoms with E-state index < -0.39 is 5.97 Å². The molecular formula is C26H21ClO6. The summed E-state index contributed by atoms with van der Waals surface area (Å²) in [5.41, 5.74) is 2.57. The second-order valence-electron chi connectivity index (χ2n) is 7.50. The van der Waals surface area contributed by atoms with Crippen molar-refractivity contribution in [2.75, 3.05) is 6.61 Å². The van der Waals surface area contributed by atoms with E-state index in [1.54, 1.807) is 30.3 Å². The Hall–Kier alpha value is -3.77. The normalized spacial score (nSPS) is 10.8. The first-order chi connectivity index (χ1) is 15.9. The molecule has 0 bridgehead atoms. The lowest BCUT2D eigenvalue weighted by molar-refractivity contribution is -0.147. The highest BCUT2D eigenvalue weighted by Gasteiger charge is 2.13. The predicted molar refractivity (Wildman–Crippen MR) is 125 cm³/mol. The van der Waals surface area contributed by atoms with Crippen molar-refractivity contribution in [3.63, 3.8) is 0 Å². The summed E-state index contributed by atoms with van der Waals surface area (Å²) in [7, 11) is 0. The average molecular weight is 465 g/mol. The fourth-order valence-corrected chi connectivity index (χ4v) is 3.37. The van der Waals surface area contributed by atoms with E-state index in [1.165, 1.54) is 6.26 Å². The Labute approximate surface area is 195 Å². The monoisotopic (exact) mass is 464 g/mol. The summed E-state index contributed by atoms with van der Waals surface area (Å²) in [5, 5.41) is 0.985. The third-order valence-corrected chi connectivity index (χ3v) is 5.55. The highest BCUT2D eigenvalue weighted by atomic mass is 35.5. The second kappa shape index (κ2) is 9.79. The second-order valence-corrected chi connectivity index (χ2v) is 7.87. The van der Waals surface area contributed by atoms with Crippen LogP contribution in [0.3, 0.4) is 0 Å². The lowest BCUT2D eigenvalue weighted by Gasteiger charge is -2.10. The van der Waals surface area contributed by atoms with Crippen molar-refractivity contribution in [1.29, 1.82) is 0 Å². The molecule has 0 atom stereocenters. The summed E-state index contributed by atoms with van der Waals surface area (Å²) >= 11 is 6.19. The summed E-state index contributed by atoms with van der Waals surface area (Å²) in [6.45, 7) is 3.64. The predicted octanol–water partition coefficient (Wildman–Crippen LogP) is 5.98. The number of carbonyl (C=O) groups excluding carboxylic acids is 1. The first kappa shape index (κ1) is 22.4. The summed E-state index contributed by atoms with van der Waals surface area (Å²) in [6.07, 6.45) is 1.25. The molecule has 168 valence electrons. The number of hydrogen-bond donors (Lipinski definition) is 0. The van der Waals surface area contributed by atoms with Crippen molar-refractivity contribution < 1.29 is 23.4 Å².